The minimum atomic E-state index is -0.651. The zero-order valence-electron chi connectivity index (χ0n) is 16.8. The van der Waals surface area contributed by atoms with Gasteiger partial charge in [0.15, 0.2) is 5.78 Å². The van der Waals surface area contributed by atoms with Crippen LogP contribution in [-0.4, -0.2) is 45.9 Å². The maximum atomic E-state index is 13.2. The van der Waals surface area contributed by atoms with Gasteiger partial charge in [0.1, 0.15) is 17.2 Å². The molecule has 1 unspecified atom stereocenters. The Bertz CT molecular complexity index is 1200. The van der Waals surface area contributed by atoms with Crippen LogP contribution in [0.2, 0.25) is 0 Å². The van der Waals surface area contributed by atoms with Gasteiger partial charge in [-0.05, 0) is 50.3 Å². The van der Waals surface area contributed by atoms with Crippen molar-refractivity contribution in [3.8, 4) is 17.2 Å². The van der Waals surface area contributed by atoms with E-state index in [2.05, 4.69) is 0 Å². The Balaban J connectivity index is 1.99. The Labute approximate surface area is 173 Å². The summed E-state index contributed by atoms with van der Waals surface area (Å²) in [5.41, 5.74) is 1.18. The van der Waals surface area contributed by atoms with E-state index in [0.717, 1.165) is 5.56 Å². The Morgan fingerprint density at radius 2 is 1.43 bits per heavy atom. The van der Waals surface area contributed by atoms with Gasteiger partial charge < -0.3 is 15.3 Å². The Morgan fingerprint density at radius 1 is 0.800 bits per heavy atom. The van der Waals surface area contributed by atoms with Crippen molar-refractivity contribution in [1.82, 2.24) is 4.90 Å². The molecule has 6 nitrogen and oxygen atoms in total. The van der Waals surface area contributed by atoms with Crippen molar-refractivity contribution in [3.63, 3.8) is 0 Å². The molecule has 0 radical (unpaired) electrons. The van der Waals surface area contributed by atoms with Crippen LogP contribution < -0.4 is 0 Å². The molecule has 0 amide bonds. The van der Waals surface area contributed by atoms with Crippen molar-refractivity contribution in [3.05, 3.63) is 87.5 Å². The van der Waals surface area contributed by atoms with Gasteiger partial charge in [-0.3, -0.25) is 14.5 Å². The summed E-state index contributed by atoms with van der Waals surface area (Å²) in [6.07, 6.45) is 0. The second kappa shape index (κ2) is 7.00. The molecule has 152 valence electrons. The number of benzene rings is 3. The average molecular weight is 403 g/mol. The van der Waals surface area contributed by atoms with Crippen LogP contribution in [0.3, 0.4) is 0 Å². The largest absolute Gasteiger partial charge is 0.507 e. The van der Waals surface area contributed by atoms with Gasteiger partial charge >= 0.3 is 0 Å². The molecule has 0 spiro atoms. The summed E-state index contributed by atoms with van der Waals surface area (Å²) in [5.74, 6) is -2.24. The maximum Gasteiger partial charge on any atom is 0.201 e. The molecule has 0 aromatic heterocycles. The van der Waals surface area contributed by atoms with Crippen LogP contribution in [0.5, 0.6) is 17.2 Å². The van der Waals surface area contributed by atoms with E-state index in [9.17, 15) is 24.9 Å². The van der Waals surface area contributed by atoms with E-state index < -0.39 is 23.4 Å². The number of hydrogen-bond donors (Lipinski definition) is 3. The number of ketones is 2. The molecule has 0 aliphatic heterocycles. The number of aryl methyl sites for hydroxylation is 1. The molecule has 3 aromatic carbocycles. The number of fused-ring (bicyclic) bond motifs is 2. The molecular formula is C24H21NO5. The number of phenols is 3. The zero-order valence-corrected chi connectivity index (χ0v) is 16.8. The molecule has 0 saturated heterocycles. The second-order valence-corrected chi connectivity index (χ2v) is 7.72. The lowest BCUT2D eigenvalue weighted by Crippen LogP contribution is -2.25. The van der Waals surface area contributed by atoms with E-state index in [1.807, 2.05) is 30.3 Å². The number of nitrogens with zero attached hydrogens (tertiary/aromatic N) is 1. The normalized spacial score (nSPS) is 13.9. The summed E-state index contributed by atoms with van der Waals surface area (Å²) >= 11 is 0. The molecule has 1 aliphatic carbocycles. The first-order valence-electron chi connectivity index (χ1n) is 9.45. The standard InChI is InChI=1S/C24H21NO5/c1-12-9-14-18(16(26)10-12)23(29)19-15(22(14)28)11-17(27)20(24(19)30)21(25(2)3)13-7-5-4-6-8-13/h4-11,21,26-27,30H,1-3H3. The van der Waals surface area contributed by atoms with E-state index in [-0.39, 0.29) is 39.3 Å². The van der Waals surface area contributed by atoms with Crippen molar-refractivity contribution in [2.24, 2.45) is 0 Å². The van der Waals surface area contributed by atoms with E-state index in [1.165, 1.54) is 18.2 Å². The highest BCUT2D eigenvalue weighted by Gasteiger charge is 2.38. The van der Waals surface area contributed by atoms with Crippen LogP contribution in [0.4, 0.5) is 0 Å². The Morgan fingerprint density at radius 3 is 2.07 bits per heavy atom. The molecule has 4 rings (SSSR count). The molecule has 0 heterocycles. The van der Waals surface area contributed by atoms with Crippen LogP contribution >= 0.6 is 0 Å². The van der Waals surface area contributed by atoms with Crippen molar-refractivity contribution in [2.75, 3.05) is 14.1 Å². The first-order chi connectivity index (χ1) is 14.2. The van der Waals surface area contributed by atoms with E-state index in [4.69, 9.17) is 0 Å². The molecule has 6 heteroatoms. The predicted molar refractivity (Wildman–Crippen MR) is 111 cm³/mol. The molecular weight excluding hydrogens is 382 g/mol. The average Bonchev–Trinajstić information content (AvgIpc) is 2.68. The lowest BCUT2D eigenvalue weighted by atomic mass is 9.80. The van der Waals surface area contributed by atoms with E-state index >= 15 is 0 Å². The van der Waals surface area contributed by atoms with Gasteiger partial charge in [-0.15, -0.1) is 0 Å². The third-order valence-corrected chi connectivity index (χ3v) is 5.43. The van der Waals surface area contributed by atoms with Crippen molar-refractivity contribution >= 4 is 11.6 Å². The third kappa shape index (κ3) is 2.84. The summed E-state index contributed by atoms with van der Waals surface area (Å²) < 4.78 is 0. The van der Waals surface area contributed by atoms with Gasteiger partial charge in [0.2, 0.25) is 5.78 Å². The lowest BCUT2D eigenvalue weighted by molar-refractivity contribution is 0.0973. The van der Waals surface area contributed by atoms with Crippen LogP contribution in [0.15, 0.2) is 48.5 Å². The van der Waals surface area contributed by atoms with E-state index in [1.54, 1.807) is 25.9 Å². The van der Waals surface area contributed by atoms with Gasteiger partial charge in [-0.1, -0.05) is 30.3 Å². The highest BCUT2D eigenvalue weighted by atomic mass is 16.3. The summed E-state index contributed by atoms with van der Waals surface area (Å²) in [7, 11) is 3.57. The SMILES string of the molecule is Cc1cc(O)c2c(c1)C(=O)c1cc(O)c(C(c3ccccc3)N(C)C)c(O)c1C2=O. The first kappa shape index (κ1) is 19.7. The number of carbonyl (C=O) groups excluding carboxylic acids is 2. The zero-order chi connectivity index (χ0) is 21.7. The van der Waals surface area contributed by atoms with Gasteiger partial charge in [0, 0.05) is 11.1 Å². The second-order valence-electron chi connectivity index (χ2n) is 7.72. The lowest BCUT2D eigenvalue weighted by Gasteiger charge is -2.29. The Kier molecular flexibility index (Phi) is 4.59. The number of rotatable bonds is 3. The number of hydrogen-bond acceptors (Lipinski definition) is 6. The summed E-state index contributed by atoms with van der Waals surface area (Å²) in [6, 6.07) is 12.8. The fourth-order valence-corrected chi connectivity index (χ4v) is 4.16. The summed E-state index contributed by atoms with van der Waals surface area (Å²) in [5, 5.41) is 32.2. The van der Waals surface area contributed by atoms with Gasteiger partial charge in [-0.25, -0.2) is 0 Å². The number of phenolic OH excluding ortho intramolecular Hbond substituents is 3. The highest BCUT2D eigenvalue weighted by Crippen LogP contribution is 2.46. The minimum absolute atomic E-state index is 0.0590. The van der Waals surface area contributed by atoms with Gasteiger partial charge in [-0.2, -0.15) is 0 Å². The molecule has 1 aliphatic rings. The van der Waals surface area contributed by atoms with Crippen molar-refractivity contribution in [2.45, 2.75) is 13.0 Å². The van der Waals surface area contributed by atoms with Crippen molar-refractivity contribution in [1.29, 1.82) is 0 Å². The number of carbonyl (C=O) groups is 2. The van der Waals surface area contributed by atoms with Gasteiger partial charge in [0.05, 0.1) is 22.7 Å². The molecule has 30 heavy (non-hydrogen) atoms. The van der Waals surface area contributed by atoms with E-state index in [0.29, 0.717) is 5.56 Å². The smallest absolute Gasteiger partial charge is 0.201 e. The van der Waals surface area contributed by atoms with Crippen molar-refractivity contribution < 1.29 is 24.9 Å². The van der Waals surface area contributed by atoms with Crippen LogP contribution in [0.25, 0.3) is 0 Å². The predicted octanol–water partition coefficient (Wildman–Crippen LogP) is 3.54. The summed E-state index contributed by atoms with van der Waals surface area (Å²) in [6.45, 7) is 1.70. The fourth-order valence-electron chi connectivity index (χ4n) is 4.16. The highest BCUT2D eigenvalue weighted by molar-refractivity contribution is 6.30. The summed E-state index contributed by atoms with van der Waals surface area (Å²) in [4.78, 5) is 28.1. The molecule has 3 aromatic rings. The van der Waals surface area contributed by atoms with Crippen LogP contribution in [0, 0.1) is 6.92 Å². The molecule has 0 bridgehead atoms. The number of aromatic hydroxyl groups is 3. The Hall–Kier alpha value is -3.64. The van der Waals surface area contributed by atoms with Crippen LogP contribution in [-0.2, 0) is 0 Å². The maximum absolute atomic E-state index is 13.2. The quantitative estimate of drug-likeness (QED) is 0.484. The minimum Gasteiger partial charge on any atom is -0.507 e. The van der Waals surface area contributed by atoms with Crippen LogP contribution in [0.1, 0.15) is 54.6 Å². The van der Waals surface area contributed by atoms with Gasteiger partial charge in [0.25, 0.3) is 0 Å². The molecule has 0 saturated carbocycles. The third-order valence-electron chi connectivity index (χ3n) is 5.43. The first-order valence-corrected chi connectivity index (χ1v) is 9.45. The molecule has 0 fully saturated rings. The fraction of sp³-hybridized carbons (Fsp3) is 0.167. The molecule has 1 atom stereocenters. The molecule has 3 N–H and O–H groups in total. The topological polar surface area (TPSA) is 98.1 Å². The monoisotopic (exact) mass is 403 g/mol.